The van der Waals surface area contributed by atoms with Gasteiger partial charge in [0.25, 0.3) is 0 Å². The lowest BCUT2D eigenvalue weighted by Crippen LogP contribution is -2.31. The van der Waals surface area contributed by atoms with Crippen molar-refractivity contribution in [3.05, 3.63) is 54.0 Å². The minimum atomic E-state index is -3.84. The highest BCUT2D eigenvalue weighted by atomic mass is 32.2. The van der Waals surface area contributed by atoms with Crippen molar-refractivity contribution in [1.82, 2.24) is 9.29 Å². The number of nitrogens with zero attached hydrogens (tertiary/aromatic N) is 2. The van der Waals surface area contributed by atoms with Crippen molar-refractivity contribution < 1.29 is 17.5 Å². The van der Waals surface area contributed by atoms with E-state index in [2.05, 4.69) is 4.98 Å². The molecule has 0 radical (unpaired) electrons. The van der Waals surface area contributed by atoms with Crippen molar-refractivity contribution >= 4 is 10.0 Å². The van der Waals surface area contributed by atoms with Gasteiger partial charge in [0, 0.05) is 18.8 Å². The zero-order chi connectivity index (χ0) is 16.4. The highest BCUT2D eigenvalue weighted by molar-refractivity contribution is 7.89. The lowest BCUT2D eigenvalue weighted by Gasteiger charge is -2.17. The fraction of sp³-hybridized carbons (Fsp3) is 0.312. The molecular formula is C16H17FN2O3S. The van der Waals surface area contributed by atoms with Crippen LogP contribution < -0.4 is 4.74 Å². The van der Waals surface area contributed by atoms with Crippen molar-refractivity contribution in [2.75, 3.05) is 13.1 Å². The highest BCUT2D eigenvalue weighted by Gasteiger charge is 2.35. The molecule has 1 aromatic carbocycles. The summed E-state index contributed by atoms with van der Waals surface area (Å²) >= 11 is 0. The SMILES string of the molecule is Cc1ccc(O[C@H]2CCN(S(=O)(=O)c3ccccc3F)C2)nc1. The summed E-state index contributed by atoms with van der Waals surface area (Å²) in [5.74, 6) is -0.275. The second-order valence-electron chi connectivity index (χ2n) is 5.50. The molecule has 0 N–H and O–H groups in total. The average molecular weight is 336 g/mol. The molecule has 2 aromatic rings. The fourth-order valence-corrected chi connectivity index (χ4v) is 4.05. The van der Waals surface area contributed by atoms with Crippen LogP contribution in [0.4, 0.5) is 4.39 Å². The standard InChI is InChI=1S/C16H17FN2O3S/c1-12-6-7-16(18-10-12)22-13-8-9-19(11-13)23(20,21)15-5-3-2-4-14(15)17/h2-7,10,13H,8-9,11H2,1H3/t13-/m0/s1. The maximum Gasteiger partial charge on any atom is 0.246 e. The van der Waals surface area contributed by atoms with E-state index in [9.17, 15) is 12.8 Å². The van der Waals surface area contributed by atoms with Crippen molar-refractivity contribution in [2.24, 2.45) is 0 Å². The summed E-state index contributed by atoms with van der Waals surface area (Å²) in [6, 6.07) is 9.03. The van der Waals surface area contributed by atoms with E-state index in [-0.39, 0.29) is 17.5 Å². The molecule has 2 heterocycles. The molecule has 0 aliphatic carbocycles. The Morgan fingerprint density at radius 1 is 1.26 bits per heavy atom. The molecule has 122 valence electrons. The predicted octanol–water partition coefficient (Wildman–Crippen LogP) is 2.37. The Labute approximate surface area is 134 Å². The molecule has 0 bridgehead atoms. The largest absolute Gasteiger partial charge is 0.473 e. The Morgan fingerprint density at radius 3 is 2.74 bits per heavy atom. The number of aryl methyl sites for hydroxylation is 1. The van der Waals surface area contributed by atoms with Gasteiger partial charge in [-0.1, -0.05) is 18.2 Å². The van der Waals surface area contributed by atoms with Crippen LogP contribution in [0.2, 0.25) is 0 Å². The Balaban J connectivity index is 1.72. The first-order valence-corrected chi connectivity index (χ1v) is 8.75. The molecule has 7 heteroatoms. The Bertz CT molecular complexity index is 793. The van der Waals surface area contributed by atoms with Crippen LogP contribution >= 0.6 is 0 Å². The molecule has 23 heavy (non-hydrogen) atoms. The fourth-order valence-electron chi connectivity index (χ4n) is 2.50. The summed E-state index contributed by atoms with van der Waals surface area (Å²) in [5.41, 5.74) is 1.02. The van der Waals surface area contributed by atoms with E-state index in [1.54, 1.807) is 12.3 Å². The van der Waals surface area contributed by atoms with Gasteiger partial charge >= 0.3 is 0 Å². The molecule has 0 amide bonds. The molecule has 1 aliphatic heterocycles. The normalized spacial score (nSPS) is 19.0. The number of benzene rings is 1. The van der Waals surface area contributed by atoms with Gasteiger partial charge < -0.3 is 4.74 Å². The third-order valence-electron chi connectivity index (χ3n) is 3.73. The molecule has 0 spiro atoms. The Morgan fingerprint density at radius 2 is 2.04 bits per heavy atom. The maximum absolute atomic E-state index is 13.8. The van der Waals surface area contributed by atoms with Crippen LogP contribution in [0.1, 0.15) is 12.0 Å². The molecule has 1 aromatic heterocycles. The van der Waals surface area contributed by atoms with E-state index in [1.165, 1.54) is 22.5 Å². The molecule has 0 unspecified atom stereocenters. The lowest BCUT2D eigenvalue weighted by atomic mass is 10.3. The first-order chi connectivity index (χ1) is 11.0. The molecule has 1 saturated heterocycles. The van der Waals surface area contributed by atoms with Gasteiger partial charge in [-0.2, -0.15) is 4.31 Å². The van der Waals surface area contributed by atoms with Crippen LogP contribution in [-0.4, -0.2) is 36.9 Å². The number of hydrogen-bond donors (Lipinski definition) is 0. The molecule has 1 aliphatic rings. The van der Waals surface area contributed by atoms with Crippen LogP contribution in [0.25, 0.3) is 0 Å². The van der Waals surface area contributed by atoms with Gasteiger partial charge in [-0.15, -0.1) is 0 Å². The van der Waals surface area contributed by atoms with Crippen molar-refractivity contribution in [2.45, 2.75) is 24.3 Å². The molecule has 3 rings (SSSR count). The number of hydrogen-bond acceptors (Lipinski definition) is 4. The smallest absolute Gasteiger partial charge is 0.246 e. The maximum atomic E-state index is 13.8. The second kappa shape index (κ2) is 6.25. The van der Waals surface area contributed by atoms with E-state index < -0.39 is 15.8 Å². The topological polar surface area (TPSA) is 59.5 Å². The third kappa shape index (κ3) is 3.35. The van der Waals surface area contributed by atoms with E-state index >= 15 is 0 Å². The number of sulfonamides is 1. The van der Waals surface area contributed by atoms with Gasteiger partial charge in [0.1, 0.15) is 16.8 Å². The van der Waals surface area contributed by atoms with Gasteiger partial charge in [0.05, 0.1) is 6.54 Å². The third-order valence-corrected chi connectivity index (χ3v) is 5.63. The minimum absolute atomic E-state index is 0.187. The van der Waals surface area contributed by atoms with E-state index in [1.807, 2.05) is 13.0 Å². The van der Waals surface area contributed by atoms with E-state index in [4.69, 9.17) is 4.74 Å². The summed E-state index contributed by atoms with van der Waals surface area (Å²) in [6.45, 7) is 2.41. The second-order valence-corrected chi connectivity index (χ2v) is 7.40. The number of pyridine rings is 1. The minimum Gasteiger partial charge on any atom is -0.473 e. The van der Waals surface area contributed by atoms with Crippen molar-refractivity contribution in [3.63, 3.8) is 0 Å². The number of rotatable bonds is 4. The highest BCUT2D eigenvalue weighted by Crippen LogP contribution is 2.25. The van der Waals surface area contributed by atoms with Crippen LogP contribution in [0.15, 0.2) is 47.5 Å². The van der Waals surface area contributed by atoms with Crippen molar-refractivity contribution in [3.8, 4) is 5.88 Å². The summed E-state index contributed by atoms with van der Waals surface area (Å²) < 4.78 is 45.8. The molecule has 1 atom stereocenters. The number of ether oxygens (including phenoxy) is 1. The zero-order valence-electron chi connectivity index (χ0n) is 12.6. The van der Waals surface area contributed by atoms with E-state index in [0.29, 0.717) is 18.8 Å². The van der Waals surface area contributed by atoms with Gasteiger partial charge in [-0.25, -0.2) is 17.8 Å². The molecule has 5 nitrogen and oxygen atoms in total. The number of aromatic nitrogens is 1. The first-order valence-electron chi connectivity index (χ1n) is 7.31. The van der Waals surface area contributed by atoms with Gasteiger partial charge in [0.2, 0.25) is 15.9 Å². The lowest BCUT2D eigenvalue weighted by molar-refractivity contribution is 0.207. The van der Waals surface area contributed by atoms with Crippen LogP contribution in [0.5, 0.6) is 5.88 Å². The van der Waals surface area contributed by atoms with Gasteiger partial charge in [-0.05, 0) is 31.0 Å². The van der Waals surface area contributed by atoms with Crippen molar-refractivity contribution in [1.29, 1.82) is 0 Å². The molecular weight excluding hydrogens is 319 g/mol. The molecule has 1 fully saturated rings. The van der Waals surface area contributed by atoms with Crippen LogP contribution in [-0.2, 0) is 10.0 Å². The summed E-state index contributed by atoms with van der Waals surface area (Å²) in [6.07, 6.45) is 1.95. The summed E-state index contributed by atoms with van der Waals surface area (Å²) in [7, 11) is -3.84. The Hall–Kier alpha value is -1.99. The van der Waals surface area contributed by atoms with E-state index in [0.717, 1.165) is 11.6 Å². The average Bonchev–Trinajstić information content (AvgIpc) is 2.99. The van der Waals surface area contributed by atoms with Gasteiger partial charge in [-0.3, -0.25) is 0 Å². The summed E-state index contributed by atoms with van der Waals surface area (Å²) in [4.78, 5) is 3.85. The first kappa shape index (κ1) is 15.9. The Kier molecular flexibility index (Phi) is 4.32. The van der Waals surface area contributed by atoms with Crippen LogP contribution in [0, 0.1) is 12.7 Å². The quantitative estimate of drug-likeness (QED) is 0.860. The van der Waals surface area contributed by atoms with Crippen LogP contribution in [0.3, 0.4) is 0 Å². The molecule has 0 saturated carbocycles. The van der Waals surface area contributed by atoms with Gasteiger partial charge in [0.15, 0.2) is 0 Å². The predicted molar refractivity (Wildman–Crippen MR) is 83.2 cm³/mol. The zero-order valence-corrected chi connectivity index (χ0v) is 13.5. The summed E-state index contributed by atoms with van der Waals surface area (Å²) in [5, 5.41) is 0. The number of halogens is 1. The monoisotopic (exact) mass is 336 g/mol.